The molecule has 0 aliphatic heterocycles. The Kier molecular flexibility index (Phi) is 4.13. The largest absolute Gasteiger partial charge is 0.495 e. The van der Waals surface area contributed by atoms with Crippen molar-refractivity contribution in [2.24, 2.45) is 0 Å². The molecule has 0 saturated heterocycles. The average Bonchev–Trinajstić information content (AvgIpc) is 2.47. The van der Waals surface area contributed by atoms with E-state index >= 15 is 0 Å². The maximum Gasteiger partial charge on any atom is 0.274 e. The number of anilines is 1. The summed E-state index contributed by atoms with van der Waals surface area (Å²) >= 11 is 0. The third-order valence-electron chi connectivity index (χ3n) is 2.76. The third kappa shape index (κ3) is 3.33. The van der Waals surface area contributed by atoms with Gasteiger partial charge in [0.2, 0.25) is 0 Å². The predicted molar refractivity (Wildman–Crippen MR) is 76.6 cm³/mol. The number of ether oxygens (including phenoxy) is 1. The minimum atomic E-state index is -0.542. The van der Waals surface area contributed by atoms with Crippen molar-refractivity contribution in [2.45, 2.75) is 6.92 Å². The Morgan fingerprint density at radius 3 is 2.71 bits per heavy atom. The number of carbonyl (C=O) groups excluding carboxylic acids is 1. The molecule has 7 nitrogen and oxygen atoms in total. The molecule has 1 N–H and O–H groups in total. The molecular weight excluding hydrogens is 274 g/mol. The van der Waals surface area contributed by atoms with Crippen LogP contribution in [0.5, 0.6) is 5.75 Å². The fourth-order valence-corrected chi connectivity index (χ4v) is 1.76. The van der Waals surface area contributed by atoms with Gasteiger partial charge >= 0.3 is 0 Å². The highest BCUT2D eigenvalue weighted by Crippen LogP contribution is 2.29. The highest BCUT2D eigenvalue weighted by atomic mass is 16.6. The Morgan fingerprint density at radius 1 is 1.33 bits per heavy atom. The van der Waals surface area contributed by atoms with Gasteiger partial charge in [0.25, 0.3) is 11.6 Å². The highest BCUT2D eigenvalue weighted by Gasteiger charge is 2.15. The van der Waals surface area contributed by atoms with Gasteiger partial charge in [0.15, 0.2) is 0 Å². The second-order valence-corrected chi connectivity index (χ2v) is 4.26. The van der Waals surface area contributed by atoms with Crippen LogP contribution in [0.1, 0.15) is 16.2 Å². The van der Waals surface area contributed by atoms with E-state index < -0.39 is 10.8 Å². The van der Waals surface area contributed by atoms with Crippen molar-refractivity contribution < 1.29 is 14.5 Å². The van der Waals surface area contributed by atoms with E-state index in [1.165, 1.54) is 25.3 Å². The van der Waals surface area contributed by atoms with Gasteiger partial charge in [0, 0.05) is 17.8 Å². The zero-order valence-corrected chi connectivity index (χ0v) is 11.5. The topological polar surface area (TPSA) is 94.4 Å². The summed E-state index contributed by atoms with van der Waals surface area (Å²) in [6, 6.07) is 9.02. The molecule has 0 spiro atoms. The van der Waals surface area contributed by atoms with Gasteiger partial charge in [-0.2, -0.15) is 0 Å². The fourth-order valence-electron chi connectivity index (χ4n) is 1.76. The molecule has 0 unspecified atom stereocenters. The van der Waals surface area contributed by atoms with Crippen molar-refractivity contribution in [2.75, 3.05) is 12.4 Å². The molecule has 0 fully saturated rings. The lowest BCUT2D eigenvalue weighted by atomic mass is 10.2. The van der Waals surface area contributed by atoms with Crippen molar-refractivity contribution in [1.82, 2.24) is 4.98 Å². The van der Waals surface area contributed by atoms with Crippen LogP contribution >= 0.6 is 0 Å². The Morgan fingerprint density at radius 2 is 2.10 bits per heavy atom. The first kappa shape index (κ1) is 14.4. The first-order valence-electron chi connectivity index (χ1n) is 6.08. The van der Waals surface area contributed by atoms with Gasteiger partial charge in [-0.3, -0.25) is 14.9 Å². The number of nitrogens with one attached hydrogen (secondary N) is 1. The van der Waals surface area contributed by atoms with E-state index in [9.17, 15) is 14.9 Å². The molecule has 0 aliphatic rings. The van der Waals surface area contributed by atoms with Crippen LogP contribution in [0.2, 0.25) is 0 Å². The third-order valence-corrected chi connectivity index (χ3v) is 2.76. The van der Waals surface area contributed by atoms with E-state index in [0.29, 0.717) is 11.4 Å². The number of rotatable bonds is 4. The molecule has 2 aromatic rings. The summed E-state index contributed by atoms with van der Waals surface area (Å²) in [5, 5.41) is 13.4. The maximum atomic E-state index is 12.1. The molecule has 7 heteroatoms. The van der Waals surface area contributed by atoms with Gasteiger partial charge in [0.05, 0.1) is 17.7 Å². The number of methoxy groups -OCH3 is 1. The number of nitro benzene ring substituents is 1. The summed E-state index contributed by atoms with van der Waals surface area (Å²) < 4.78 is 5.08. The molecule has 21 heavy (non-hydrogen) atoms. The van der Waals surface area contributed by atoms with Crippen molar-refractivity contribution >= 4 is 17.3 Å². The standard InChI is InChI=1S/C14H13N3O4/c1-9-4-3-5-11(15-9)14(18)16-12-8-10(17(19)20)6-7-13(12)21-2/h3-8H,1-2H3,(H,16,18). The monoisotopic (exact) mass is 287 g/mol. The minimum absolute atomic E-state index is 0.136. The number of hydrogen-bond acceptors (Lipinski definition) is 5. The van der Waals surface area contributed by atoms with Gasteiger partial charge < -0.3 is 10.1 Å². The zero-order valence-electron chi connectivity index (χ0n) is 11.5. The minimum Gasteiger partial charge on any atom is -0.495 e. The molecule has 0 atom stereocenters. The normalized spacial score (nSPS) is 10.0. The summed E-state index contributed by atoms with van der Waals surface area (Å²) in [6.07, 6.45) is 0. The fraction of sp³-hybridized carbons (Fsp3) is 0.143. The molecule has 1 heterocycles. The number of aromatic nitrogens is 1. The molecule has 0 bridgehead atoms. The molecular formula is C14H13N3O4. The van der Waals surface area contributed by atoms with Gasteiger partial charge in [0.1, 0.15) is 11.4 Å². The number of nitro groups is 1. The number of aryl methyl sites for hydroxylation is 1. The number of benzene rings is 1. The van der Waals surface area contributed by atoms with Gasteiger partial charge in [-0.15, -0.1) is 0 Å². The van der Waals surface area contributed by atoms with E-state index in [-0.39, 0.29) is 17.1 Å². The van der Waals surface area contributed by atoms with Crippen LogP contribution < -0.4 is 10.1 Å². The van der Waals surface area contributed by atoms with Crippen LogP contribution in [0.15, 0.2) is 36.4 Å². The van der Waals surface area contributed by atoms with E-state index in [1.54, 1.807) is 25.1 Å². The van der Waals surface area contributed by atoms with Crippen LogP contribution in [-0.2, 0) is 0 Å². The first-order valence-corrected chi connectivity index (χ1v) is 6.08. The van der Waals surface area contributed by atoms with E-state index in [1.807, 2.05) is 0 Å². The Bertz CT molecular complexity index is 700. The molecule has 1 aromatic heterocycles. The number of hydrogen-bond donors (Lipinski definition) is 1. The lowest BCUT2D eigenvalue weighted by Crippen LogP contribution is -2.14. The van der Waals surface area contributed by atoms with Crippen LogP contribution in [-0.4, -0.2) is 22.9 Å². The molecule has 108 valence electrons. The van der Waals surface area contributed by atoms with Gasteiger partial charge in [-0.05, 0) is 25.1 Å². The number of carbonyl (C=O) groups is 1. The summed E-state index contributed by atoms with van der Waals surface area (Å²) in [5.41, 5.74) is 1.01. The molecule has 1 amide bonds. The van der Waals surface area contributed by atoms with Crippen LogP contribution in [0, 0.1) is 17.0 Å². The zero-order chi connectivity index (χ0) is 15.4. The Labute approximate surface area is 120 Å². The number of amides is 1. The first-order chi connectivity index (χ1) is 10.0. The van der Waals surface area contributed by atoms with Crippen molar-refractivity contribution in [3.63, 3.8) is 0 Å². The predicted octanol–water partition coefficient (Wildman–Crippen LogP) is 2.56. The average molecular weight is 287 g/mol. The summed E-state index contributed by atoms with van der Waals surface area (Å²) in [5.74, 6) is -0.126. The van der Waals surface area contributed by atoms with E-state index in [4.69, 9.17) is 4.74 Å². The van der Waals surface area contributed by atoms with Crippen LogP contribution in [0.3, 0.4) is 0 Å². The quantitative estimate of drug-likeness (QED) is 0.688. The molecule has 0 radical (unpaired) electrons. The summed E-state index contributed by atoms with van der Waals surface area (Å²) in [6.45, 7) is 1.77. The second kappa shape index (κ2) is 6.00. The molecule has 0 aliphatic carbocycles. The highest BCUT2D eigenvalue weighted by molar-refractivity contribution is 6.03. The number of non-ortho nitro benzene ring substituents is 1. The number of pyridine rings is 1. The lowest BCUT2D eigenvalue weighted by molar-refractivity contribution is -0.384. The SMILES string of the molecule is COc1ccc([N+](=O)[O-])cc1NC(=O)c1cccc(C)n1. The second-order valence-electron chi connectivity index (χ2n) is 4.26. The Balaban J connectivity index is 2.31. The molecule has 1 aromatic carbocycles. The van der Waals surface area contributed by atoms with Crippen molar-refractivity contribution in [3.8, 4) is 5.75 Å². The van der Waals surface area contributed by atoms with Crippen molar-refractivity contribution in [3.05, 3.63) is 57.9 Å². The van der Waals surface area contributed by atoms with Crippen LogP contribution in [0.4, 0.5) is 11.4 Å². The van der Waals surface area contributed by atoms with E-state index in [0.717, 1.165) is 0 Å². The smallest absolute Gasteiger partial charge is 0.274 e. The van der Waals surface area contributed by atoms with Gasteiger partial charge in [-0.1, -0.05) is 6.07 Å². The molecule has 0 saturated carbocycles. The van der Waals surface area contributed by atoms with Gasteiger partial charge in [-0.25, -0.2) is 4.98 Å². The molecule has 2 rings (SSSR count). The van der Waals surface area contributed by atoms with Crippen molar-refractivity contribution in [1.29, 1.82) is 0 Å². The Hall–Kier alpha value is -2.96. The number of nitrogens with zero attached hydrogens (tertiary/aromatic N) is 2. The summed E-state index contributed by atoms with van der Waals surface area (Å²) in [4.78, 5) is 26.5. The maximum absolute atomic E-state index is 12.1. The van der Waals surface area contributed by atoms with E-state index in [2.05, 4.69) is 10.3 Å². The lowest BCUT2D eigenvalue weighted by Gasteiger charge is -2.09. The summed E-state index contributed by atoms with van der Waals surface area (Å²) in [7, 11) is 1.42. The van der Waals surface area contributed by atoms with Crippen LogP contribution in [0.25, 0.3) is 0 Å².